The maximum atomic E-state index is 10.9. The molecule has 1 heterocycles. The van der Waals surface area contributed by atoms with Crippen LogP contribution in [0.15, 0.2) is 59.3 Å². The minimum atomic E-state index is -0.0583. The molecule has 0 radical (unpaired) electrons. The lowest BCUT2D eigenvalue weighted by Gasteiger charge is -2.20. The molecular weight excluding hydrogens is 230 g/mol. The minimum absolute atomic E-state index is 0.0162. The first-order valence-electron chi connectivity index (χ1n) is 6.02. The highest BCUT2D eigenvalue weighted by molar-refractivity contribution is 7.99. The van der Waals surface area contributed by atoms with Crippen LogP contribution < -0.4 is 0 Å². The minimum Gasteiger partial charge on any atom is -0.250 e. The average Bonchev–Trinajstić information content (AvgIpc) is 2.46. The lowest BCUT2D eigenvalue weighted by atomic mass is 9.93. The van der Waals surface area contributed by atoms with Crippen LogP contribution in [0.3, 0.4) is 0 Å². The highest BCUT2D eigenvalue weighted by Gasteiger charge is 2.21. The Labute approximate surface area is 107 Å². The first-order chi connectivity index (χ1) is 8.85. The third kappa shape index (κ3) is 2.96. The summed E-state index contributed by atoms with van der Waals surface area (Å²) >= 11 is 1.53. The summed E-state index contributed by atoms with van der Waals surface area (Å²) in [5.41, 5.74) is 0.609. The summed E-state index contributed by atoms with van der Waals surface area (Å²) in [6.45, 7) is 0.231. The first-order valence-corrected chi connectivity index (χ1v) is 6.20. The van der Waals surface area contributed by atoms with E-state index in [0.717, 1.165) is 5.03 Å². The van der Waals surface area contributed by atoms with Gasteiger partial charge in [-0.3, -0.25) is 0 Å². The number of thioether (sulfide) groups is 1. The molecule has 2 nitrogen and oxygen atoms in total. The summed E-state index contributed by atoms with van der Waals surface area (Å²) in [7, 11) is 0. The second-order valence-electron chi connectivity index (χ2n) is 3.65. The van der Waals surface area contributed by atoms with E-state index in [1.165, 1.54) is 11.8 Å². The number of pyridine rings is 1. The molecule has 0 aromatic carbocycles. The molecule has 17 heavy (non-hydrogen) atoms. The van der Waals surface area contributed by atoms with Crippen molar-refractivity contribution in [2.45, 2.75) is 17.2 Å². The third-order valence-corrected chi connectivity index (χ3v) is 3.57. The second-order valence-corrected chi connectivity index (χ2v) is 4.91. The zero-order valence-electron chi connectivity index (χ0n) is 10.2. The Balaban J connectivity index is 2.16. The van der Waals surface area contributed by atoms with Crippen molar-refractivity contribution >= 4 is 17.7 Å². The van der Waals surface area contributed by atoms with Crippen LogP contribution >= 0.6 is 11.8 Å². The quantitative estimate of drug-likeness (QED) is 0.604. The van der Waals surface area contributed by atoms with Gasteiger partial charge in [0.15, 0.2) is 0 Å². The van der Waals surface area contributed by atoms with E-state index in [0.29, 0.717) is 5.57 Å². The molecule has 0 saturated heterocycles. The van der Waals surface area contributed by atoms with Crippen molar-refractivity contribution in [1.29, 1.82) is 0 Å². The standard InChI is InChI=1S/C14H13NOS/c1-11(17-14-8-4-5-9-15-14)13-7-3-2-6-12(13)10-16/h2-9,11,13H,1H3/i1D. The van der Waals surface area contributed by atoms with Crippen LogP contribution in [-0.2, 0) is 4.79 Å². The van der Waals surface area contributed by atoms with Gasteiger partial charge in [-0.15, -0.1) is 11.8 Å². The fraction of sp³-hybridized carbons (Fsp3) is 0.214. The average molecular weight is 244 g/mol. The van der Waals surface area contributed by atoms with Crippen LogP contribution in [0.2, 0.25) is 0 Å². The van der Waals surface area contributed by atoms with Gasteiger partial charge in [-0.05, 0) is 18.2 Å². The molecule has 1 aliphatic carbocycles. The summed E-state index contributed by atoms with van der Waals surface area (Å²) in [6, 6.07) is 5.70. The van der Waals surface area contributed by atoms with Gasteiger partial charge in [0, 0.05) is 24.3 Å². The van der Waals surface area contributed by atoms with Gasteiger partial charge in [0.1, 0.15) is 5.94 Å². The Bertz CT molecular complexity index is 506. The Morgan fingerprint density at radius 1 is 1.53 bits per heavy atom. The predicted octanol–water partition coefficient (Wildman–Crippen LogP) is 3.06. The summed E-state index contributed by atoms with van der Waals surface area (Å²) < 4.78 is 7.66. The number of allylic oxidation sites excluding steroid dienone is 5. The largest absolute Gasteiger partial charge is 0.250 e. The van der Waals surface area contributed by atoms with Crippen molar-refractivity contribution in [3.05, 3.63) is 54.3 Å². The van der Waals surface area contributed by atoms with Crippen molar-refractivity contribution in [2.24, 2.45) is 5.92 Å². The van der Waals surface area contributed by atoms with Crippen LogP contribution in [-0.4, -0.2) is 16.2 Å². The van der Waals surface area contributed by atoms with E-state index >= 15 is 0 Å². The van der Waals surface area contributed by atoms with Crippen molar-refractivity contribution in [3.63, 3.8) is 0 Å². The van der Waals surface area contributed by atoms with Crippen LogP contribution in [0, 0.1) is 5.92 Å². The van der Waals surface area contributed by atoms with E-state index in [4.69, 9.17) is 1.37 Å². The predicted molar refractivity (Wildman–Crippen MR) is 70.5 cm³/mol. The molecule has 1 aromatic rings. The molecule has 0 spiro atoms. The van der Waals surface area contributed by atoms with Crippen molar-refractivity contribution < 1.29 is 6.17 Å². The van der Waals surface area contributed by atoms with E-state index < -0.39 is 0 Å². The number of aromatic nitrogens is 1. The molecule has 0 N–H and O–H groups in total. The van der Waals surface area contributed by atoms with Crippen LogP contribution in [0.25, 0.3) is 0 Å². The number of carbonyl (C=O) groups excluding carboxylic acids is 1. The molecule has 86 valence electrons. The van der Waals surface area contributed by atoms with E-state index in [9.17, 15) is 4.79 Å². The van der Waals surface area contributed by atoms with Crippen LogP contribution in [0.4, 0.5) is 0 Å². The second kappa shape index (κ2) is 5.67. The zero-order valence-corrected chi connectivity index (χ0v) is 10.1. The maximum Gasteiger partial charge on any atom is 0.128 e. The molecule has 0 aliphatic heterocycles. The molecule has 1 aliphatic rings. The summed E-state index contributed by atoms with van der Waals surface area (Å²) in [5.74, 6) is 1.91. The molecule has 2 rings (SSSR count). The Morgan fingerprint density at radius 2 is 2.47 bits per heavy atom. The maximum absolute atomic E-state index is 10.9. The zero-order chi connectivity index (χ0) is 12.8. The molecule has 0 saturated carbocycles. The Kier molecular flexibility index (Phi) is 3.53. The van der Waals surface area contributed by atoms with Crippen LogP contribution in [0.5, 0.6) is 0 Å². The number of hydrogen-bond donors (Lipinski definition) is 0. The van der Waals surface area contributed by atoms with Crippen molar-refractivity contribution in [1.82, 2.24) is 4.98 Å². The van der Waals surface area contributed by atoms with E-state index in [-0.39, 0.29) is 18.1 Å². The lowest BCUT2D eigenvalue weighted by molar-refractivity contribution is 0.564. The molecule has 2 atom stereocenters. The molecule has 1 aromatic heterocycles. The first kappa shape index (κ1) is 10.6. The van der Waals surface area contributed by atoms with E-state index in [1.807, 2.05) is 42.4 Å². The number of rotatable bonds is 3. The number of hydrogen-bond acceptors (Lipinski definition) is 3. The van der Waals surface area contributed by atoms with E-state index in [2.05, 4.69) is 4.98 Å². The molecule has 2 unspecified atom stereocenters. The van der Waals surface area contributed by atoms with Gasteiger partial charge in [0.05, 0.1) is 5.03 Å². The van der Waals surface area contributed by atoms with Gasteiger partial charge >= 0.3 is 0 Å². The fourth-order valence-electron chi connectivity index (χ4n) is 1.63. The van der Waals surface area contributed by atoms with Gasteiger partial charge in [-0.1, -0.05) is 31.2 Å². The third-order valence-electron chi connectivity index (χ3n) is 2.49. The van der Waals surface area contributed by atoms with Gasteiger partial charge < -0.3 is 0 Å². The Hall–Kier alpha value is -1.57. The highest BCUT2D eigenvalue weighted by atomic mass is 32.2. The summed E-state index contributed by atoms with van der Waals surface area (Å²) in [4.78, 5) is 15.2. The summed E-state index contributed by atoms with van der Waals surface area (Å²) in [5, 5.41) is 0.862. The summed E-state index contributed by atoms with van der Waals surface area (Å²) in [6.07, 6.45) is 9.18. The molecular formula is C14H13NOS. The number of nitrogens with zero attached hydrogens (tertiary/aromatic N) is 1. The topological polar surface area (TPSA) is 30.0 Å². The molecule has 0 fully saturated rings. The van der Waals surface area contributed by atoms with E-state index in [1.54, 1.807) is 12.3 Å². The van der Waals surface area contributed by atoms with Gasteiger partial charge in [0.2, 0.25) is 0 Å². The normalized spacial score (nSPS) is 20.8. The SMILES string of the molecule is [2H]CC(Sc1ccccn1)C1C=CC=CC1=C=O. The smallest absolute Gasteiger partial charge is 0.128 e. The van der Waals surface area contributed by atoms with Crippen molar-refractivity contribution in [2.75, 3.05) is 0 Å². The van der Waals surface area contributed by atoms with Gasteiger partial charge in [-0.2, -0.15) is 0 Å². The molecule has 0 amide bonds. The highest BCUT2D eigenvalue weighted by Crippen LogP contribution is 2.32. The van der Waals surface area contributed by atoms with Crippen molar-refractivity contribution in [3.8, 4) is 0 Å². The van der Waals surface area contributed by atoms with Gasteiger partial charge in [0.25, 0.3) is 0 Å². The monoisotopic (exact) mass is 244 g/mol. The van der Waals surface area contributed by atoms with Crippen LogP contribution in [0.1, 0.15) is 8.27 Å². The molecule has 0 bridgehead atoms. The van der Waals surface area contributed by atoms with Gasteiger partial charge in [-0.25, -0.2) is 9.78 Å². The Morgan fingerprint density at radius 3 is 3.18 bits per heavy atom. The fourth-order valence-corrected chi connectivity index (χ4v) is 2.60. The lowest BCUT2D eigenvalue weighted by Crippen LogP contribution is -2.15. The molecule has 3 heteroatoms.